The second kappa shape index (κ2) is 5.90. The normalized spacial score (nSPS) is 19.1. The van der Waals surface area contributed by atoms with E-state index >= 15 is 0 Å². The lowest BCUT2D eigenvalue weighted by Crippen LogP contribution is -2.45. The molecule has 0 spiro atoms. The largest absolute Gasteiger partial charge is 0.390 e. The summed E-state index contributed by atoms with van der Waals surface area (Å²) in [4.78, 5) is 13.9. The fourth-order valence-electron chi connectivity index (χ4n) is 2.16. The first kappa shape index (κ1) is 14.3. The van der Waals surface area contributed by atoms with Crippen LogP contribution in [-0.2, 0) is 4.79 Å². The van der Waals surface area contributed by atoms with E-state index in [-0.39, 0.29) is 5.91 Å². The lowest BCUT2D eigenvalue weighted by Gasteiger charge is -2.35. The zero-order valence-corrected chi connectivity index (χ0v) is 11.8. The van der Waals surface area contributed by atoms with Crippen molar-refractivity contribution in [1.29, 1.82) is 0 Å². The zero-order valence-electron chi connectivity index (χ0n) is 11.0. The Balaban J connectivity index is 1.82. The number of carbonyl (C=O) groups is 1. The Labute approximate surface area is 118 Å². The molecule has 0 unspecified atom stereocenters. The SMILES string of the molecule is CC1(O)CCN(CC(=O)Nc2cccc(Cl)c2)CC1. The van der Waals surface area contributed by atoms with Crippen LogP contribution < -0.4 is 5.32 Å². The number of hydrogen-bond acceptors (Lipinski definition) is 3. The Morgan fingerprint density at radius 2 is 2.16 bits per heavy atom. The van der Waals surface area contributed by atoms with Crippen molar-refractivity contribution in [1.82, 2.24) is 4.90 Å². The van der Waals surface area contributed by atoms with Gasteiger partial charge < -0.3 is 10.4 Å². The number of nitrogens with zero attached hydrogens (tertiary/aromatic N) is 1. The van der Waals surface area contributed by atoms with Gasteiger partial charge in [0.05, 0.1) is 12.1 Å². The summed E-state index contributed by atoms with van der Waals surface area (Å²) < 4.78 is 0. The second-order valence-electron chi connectivity index (χ2n) is 5.33. The molecular formula is C14H19ClN2O2. The van der Waals surface area contributed by atoms with Crippen molar-refractivity contribution in [2.45, 2.75) is 25.4 Å². The average Bonchev–Trinajstić information content (AvgIpc) is 2.32. The highest BCUT2D eigenvalue weighted by atomic mass is 35.5. The molecule has 19 heavy (non-hydrogen) atoms. The standard InChI is InChI=1S/C14H19ClN2O2/c1-14(19)5-7-17(8-6-14)10-13(18)16-12-4-2-3-11(15)9-12/h2-4,9,19H,5-8,10H2,1H3,(H,16,18). The van der Waals surface area contributed by atoms with Crippen molar-refractivity contribution in [2.75, 3.05) is 25.0 Å². The molecule has 0 saturated carbocycles. The van der Waals surface area contributed by atoms with Crippen LogP contribution in [0.2, 0.25) is 5.02 Å². The highest BCUT2D eigenvalue weighted by molar-refractivity contribution is 6.30. The maximum atomic E-state index is 11.9. The van der Waals surface area contributed by atoms with Gasteiger partial charge in [0, 0.05) is 23.8 Å². The molecule has 2 rings (SSSR count). The molecule has 1 aromatic carbocycles. The molecule has 2 N–H and O–H groups in total. The van der Waals surface area contributed by atoms with Crippen LogP contribution in [0, 0.1) is 0 Å². The molecule has 1 saturated heterocycles. The quantitative estimate of drug-likeness (QED) is 0.893. The number of nitrogens with one attached hydrogen (secondary N) is 1. The molecule has 0 aromatic heterocycles. The van der Waals surface area contributed by atoms with Gasteiger partial charge in [-0.15, -0.1) is 0 Å². The summed E-state index contributed by atoms with van der Waals surface area (Å²) in [5, 5.41) is 13.3. The molecule has 1 heterocycles. The van der Waals surface area contributed by atoms with Crippen molar-refractivity contribution < 1.29 is 9.90 Å². The average molecular weight is 283 g/mol. The molecule has 1 aliphatic rings. The molecule has 1 fully saturated rings. The molecule has 0 radical (unpaired) electrons. The number of aliphatic hydroxyl groups is 1. The van der Waals surface area contributed by atoms with Gasteiger partial charge in [-0.25, -0.2) is 0 Å². The van der Waals surface area contributed by atoms with E-state index < -0.39 is 5.60 Å². The van der Waals surface area contributed by atoms with Crippen molar-refractivity contribution in [3.05, 3.63) is 29.3 Å². The fraction of sp³-hybridized carbons (Fsp3) is 0.500. The zero-order chi connectivity index (χ0) is 13.9. The molecule has 0 bridgehead atoms. The summed E-state index contributed by atoms with van der Waals surface area (Å²) in [5.74, 6) is -0.0520. The minimum Gasteiger partial charge on any atom is -0.390 e. The predicted molar refractivity (Wildman–Crippen MR) is 76.4 cm³/mol. The third-order valence-electron chi connectivity index (χ3n) is 3.41. The Bertz CT molecular complexity index is 453. The van der Waals surface area contributed by atoms with Crippen LogP contribution >= 0.6 is 11.6 Å². The monoisotopic (exact) mass is 282 g/mol. The number of amides is 1. The summed E-state index contributed by atoms with van der Waals surface area (Å²) in [7, 11) is 0. The van der Waals surface area contributed by atoms with Gasteiger partial charge in [0.15, 0.2) is 0 Å². The van der Waals surface area contributed by atoms with Gasteiger partial charge in [-0.05, 0) is 38.0 Å². The summed E-state index contributed by atoms with van der Waals surface area (Å²) in [6, 6.07) is 7.10. The summed E-state index contributed by atoms with van der Waals surface area (Å²) in [6.45, 7) is 3.69. The van der Waals surface area contributed by atoms with Gasteiger partial charge in [0.1, 0.15) is 0 Å². The number of anilines is 1. The maximum absolute atomic E-state index is 11.9. The van der Waals surface area contributed by atoms with E-state index in [9.17, 15) is 9.90 Å². The van der Waals surface area contributed by atoms with Crippen LogP contribution in [0.1, 0.15) is 19.8 Å². The molecular weight excluding hydrogens is 264 g/mol. The van der Waals surface area contributed by atoms with Gasteiger partial charge >= 0.3 is 0 Å². The smallest absolute Gasteiger partial charge is 0.238 e. The molecule has 0 atom stereocenters. The topological polar surface area (TPSA) is 52.6 Å². The van der Waals surface area contributed by atoms with Gasteiger partial charge in [0.2, 0.25) is 5.91 Å². The van der Waals surface area contributed by atoms with Crippen molar-refractivity contribution in [3.8, 4) is 0 Å². The van der Waals surface area contributed by atoms with E-state index in [4.69, 9.17) is 11.6 Å². The number of rotatable bonds is 3. The number of benzene rings is 1. The van der Waals surface area contributed by atoms with Gasteiger partial charge in [-0.2, -0.15) is 0 Å². The van der Waals surface area contributed by atoms with E-state index in [2.05, 4.69) is 10.2 Å². The van der Waals surface area contributed by atoms with Crippen molar-refractivity contribution in [2.24, 2.45) is 0 Å². The molecule has 104 valence electrons. The summed E-state index contributed by atoms with van der Waals surface area (Å²) >= 11 is 5.86. The predicted octanol–water partition coefficient (Wildman–Crippen LogP) is 2.13. The van der Waals surface area contributed by atoms with Crippen LogP contribution in [0.5, 0.6) is 0 Å². The molecule has 1 aromatic rings. The van der Waals surface area contributed by atoms with Crippen molar-refractivity contribution in [3.63, 3.8) is 0 Å². The van der Waals surface area contributed by atoms with Crippen LogP contribution in [-0.4, -0.2) is 41.1 Å². The highest BCUT2D eigenvalue weighted by Gasteiger charge is 2.27. The number of piperidine rings is 1. The number of hydrogen-bond donors (Lipinski definition) is 2. The van der Waals surface area contributed by atoms with E-state index in [0.29, 0.717) is 30.1 Å². The Morgan fingerprint density at radius 1 is 1.47 bits per heavy atom. The van der Waals surface area contributed by atoms with Crippen LogP contribution in [0.15, 0.2) is 24.3 Å². The Kier molecular flexibility index (Phi) is 4.45. The number of likely N-dealkylation sites (tertiary alicyclic amines) is 1. The summed E-state index contributed by atoms with van der Waals surface area (Å²) in [6.07, 6.45) is 1.41. The maximum Gasteiger partial charge on any atom is 0.238 e. The first-order chi connectivity index (χ1) is 8.94. The third-order valence-corrected chi connectivity index (χ3v) is 3.64. The van der Waals surface area contributed by atoms with E-state index in [1.807, 2.05) is 13.0 Å². The summed E-state index contributed by atoms with van der Waals surface area (Å²) in [5.41, 5.74) is 0.126. The molecule has 1 amide bonds. The van der Waals surface area contributed by atoms with E-state index in [1.165, 1.54) is 0 Å². The van der Waals surface area contributed by atoms with Crippen LogP contribution in [0.3, 0.4) is 0 Å². The number of carbonyl (C=O) groups excluding carboxylic acids is 1. The minimum absolute atomic E-state index is 0.0520. The lowest BCUT2D eigenvalue weighted by molar-refractivity contribution is -0.118. The van der Waals surface area contributed by atoms with Crippen LogP contribution in [0.25, 0.3) is 0 Å². The number of halogens is 1. The van der Waals surface area contributed by atoms with E-state index in [0.717, 1.165) is 13.1 Å². The van der Waals surface area contributed by atoms with Crippen molar-refractivity contribution >= 4 is 23.2 Å². The highest BCUT2D eigenvalue weighted by Crippen LogP contribution is 2.21. The molecule has 0 aliphatic carbocycles. The van der Waals surface area contributed by atoms with Gasteiger partial charge in [0.25, 0.3) is 0 Å². The third kappa shape index (κ3) is 4.49. The molecule has 1 aliphatic heterocycles. The Morgan fingerprint density at radius 3 is 2.79 bits per heavy atom. The lowest BCUT2D eigenvalue weighted by atomic mass is 9.94. The van der Waals surface area contributed by atoms with Gasteiger partial charge in [-0.3, -0.25) is 9.69 Å². The van der Waals surface area contributed by atoms with E-state index in [1.54, 1.807) is 18.2 Å². The minimum atomic E-state index is -0.583. The van der Waals surface area contributed by atoms with Gasteiger partial charge in [-0.1, -0.05) is 17.7 Å². The fourth-order valence-corrected chi connectivity index (χ4v) is 2.35. The van der Waals surface area contributed by atoms with Crippen LogP contribution in [0.4, 0.5) is 5.69 Å². The Hall–Kier alpha value is -1.10. The first-order valence-electron chi connectivity index (χ1n) is 6.45. The second-order valence-corrected chi connectivity index (χ2v) is 5.77. The molecule has 5 heteroatoms. The molecule has 4 nitrogen and oxygen atoms in total. The first-order valence-corrected chi connectivity index (χ1v) is 6.83.